The smallest absolute Gasteiger partial charge is 0.229 e. The van der Waals surface area contributed by atoms with Gasteiger partial charge in [-0.2, -0.15) is 10.1 Å². The molecule has 0 spiro atoms. The van der Waals surface area contributed by atoms with Crippen LogP contribution in [0.25, 0.3) is 22.0 Å². The Kier molecular flexibility index (Phi) is 5.13. The second-order valence-corrected chi connectivity index (χ2v) is 7.38. The van der Waals surface area contributed by atoms with Crippen LogP contribution in [0.15, 0.2) is 78.9 Å². The third-order valence-corrected chi connectivity index (χ3v) is 5.10. The van der Waals surface area contributed by atoms with Crippen LogP contribution >= 0.6 is 0 Å². The van der Waals surface area contributed by atoms with E-state index in [0.29, 0.717) is 17.6 Å². The molecule has 0 aliphatic rings. The molecule has 0 saturated carbocycles. The quantitative estimate of drug-likeness (QED) is 0.319. The maximum Gasteiger partial charge on any atom is 0.229 e. The summed E-state index contributed by atoms with van der Waals surface area (Å²) in [6, 6.07) is 25.9. The topological polar surface area (TPSA) is 87.8 Å². The van der Waals surface area contributed by atoms with Crippen molar-refractivity contribution in [1.29, 1.82) is 0 Å². The number of rotatable bonds is 6. The van der Waals surface area contributed by atoms with E-state index in [-0.39, 0.29) is 0 Å². The van der Waals surface area contributed by atoms with Gasteiger partial charge in [0, 0.05) is 28.4 Å². The first-order valence-corrected chi connectivity index (χ1v) is 10.3. The monoisotopic (exact) mass is 422 g/mol. The van der Waals surface area contributed by atoms with E-state index in [4.69, 9.17) is 14.7 Å². The van der Waals surface area contributed by atoms with Gasteiger partial charge in [-0.3, -0.25) is 5.10 Å². The lowest BCUT2D eigenvalue weighted by Crippen LogP contribution is -2.03. The first-order chi connectivity index (χ1) is 15.7. The van der Waals surface area contributed by atoms with Crippen molar-refractivity contribution < 1.29 is 4.74 Å². The Balaban J connectivity index is 1.53. The Hall–Kier alpha value is -4.39. The summed E-state index contributed by atoms with van der Waals surface area (Å²) in [5.41, 5.74) is 4.72. The van der Waals surface area contributed by atoms with E-state index in [2.05, 4.69) is 33.0 Å². The number of hydrogen-bond donors (Lipinski definition) is 3. The molecule has 3 aromatic carbocycles. The lowest BCUT2D eigenvalue weighted by Gasteiger charge is -2.13. The molecule has 5 aromatic rings. The summed E-state index contributed by atoms with van der Waals surface area (Å²) in [6.07, 6.45) is 0. The summed E-state index contributed by atoms with van der Waals surface area (Å²) in [6.45, 7) is 1.96. The molecule has 0 fully saturated rings. The van der Waals surface area contributed by atoms with Gasteiger partial charge in [-0.15, -0.1) is 0 Å². The van der Waals surface area contributed by atoms with E-state index < -0.39 is 0 Å². The van der Waals surface area contributed by atoms with Crippen LogP contribution in [0.2, 0.25) is 0 Å². The maximum atomic E-state index is 5.57. The van der Waals surface area contributed by atoms with Gasteiger partial charge in [0.15, 0.2) is 5.82 Å². The van der Waals surface area contributed by atoms with E-state index in [9.17, 15) is 0 Å². The van der Waals surface area contributed by atoms with E-state index in [1.54, 1.807) is 7.11 Å². The minimum atomic E-state index is 0.489. The number of para-hydroxylation sites is 1. The molecule has 158 valence electrons. The molecule has 7 nitrogen and oxygen atoms in total. The Morgan fingerprint density at radius 2 is 1.66 bits per heavy atom. The van der Waals surface area contributed by atoms with Crippen LogP contribution in [0.1, 0.15) is 5.69 Å². The number of fused-ring (bicyclic) bond motifs is 1. The van der Waals surface area contributed by atoms with Crippen LogP contribution in [0.3, 0.4) is 0 Å². The predicted octanol–water partition coefficient (Wildman–Crippen LogP) is 5.82. The van der Waals surface area contributed by atoms with E-state index in [1.165, 1.54) is 0 Å². The molecular formula is C25H22N6O. The van der Waals surface area contributed by atoms with E-state index in [1.807, 2.05) is 73.7 Å². The maximum absolute atomic E-state index is 5.57. The van der Waals surface area contributed by atoms with Crippen molar-refractivity contribution in [2.45, 2.75) is 6.92 Å². The van der Waals surface area contributed by atoms with E-state index >= 15 is 0 Å². The SMILES string of the molecule is COc1ccc(Nc2nc(Nc3cc(C)[nH]n3)c3ccccc3n2)cc1-c1ccccc1. The molecule has 3 N–H and O–H groups in total. The molecule has 0 unspecified atom stereocenters. The zero-order chi connectivity index (χ0) is 21.9. The first kappa shape index (κ1) is 19.6. The number of ether oxygens (including phenoxy) is 1. The van der Waals surface area contributed by atoms with Crippen LogP contribution in [0, 0.1) is 6.92 Å². The van der Waals surface area contributed by atoms with Gasteiger partial charge in [-0.1, -0.05) is 42.5 Å². The van der Waals surface area contributed by atoms with Gasteiger partial charge in [0.2, 0.25) is 5.95 Å². The molecule has 7 heteroatoms. The molecule has 0 amide bonds. The molecule has 32 heavy (non-hydrogen) atoms. The van der Waals surface area contributed by atoms with Crippen molar-refractivity contribution in [1.82, 2.24) is 20.2 Å². The van der Waals surface area contributed by atoms with Crippen LogP contribution in [0.4, 0.5) is 23.3 Å². The zero-order valence-electron chi connectivity index (χ0n) is 17.8. The number of benzene rings is 3. The number of aromatic nitrogens is 4. The molecule has 0 radical (unpaired) electrons. The minimum absolute atomic E-state index is 0.489. The van der Waals surface area contributed by atoms with Crippen molar-refractivity contribution in [2.75, 3.05) is 17.7 Å². The van der Waals surface area contributed by atoms with Crippen LogP contribution in [-0.2, 0) is 0 Å². The Bertz CT molecular complexity index is 1380. The molecule has 5 rings (SSSR count). The number of H-pyrrole nitrogens is 1. The van der Waals surface area contributed by atoms with Gasteiger partial charge in [0.25, 0.3) is 0 Å². The van der Waals surface area contributed by atoms with E-state index in [0.717, 1.165) is 39.2 Å². The van der Waals surface area contributed by atoms with Crippen LogP contribution in [0.5, 0.6) is 5.75 Å². The lowest BCUT2D eigenvalue weighted by atomic mass is 10.0. The second kappa shape index (κ2) is 8.39. The van der Waals surface area contributed by atoms with Crippen LogP contribution < -0.4 is 15.4 Å². The van der Waals surface area contributed by atoms with Crippen molar-refractivity contribution >= 4 is 34.2 Å². The highest BCUT2D eigenvalue weighted by Crippen LogP contribution is 2.33. The number of nitrogens with zero attached hydrogens (tertiary/aromatic N) is 3. The normalized spacial score (nSPS) is 10.8. The molecule has 2 aromatic heterocycles. The minimum Gasteiger partial charge on any atom is -0.496 e. The first-order valence-electron chi connectivity index (χ1n) is 10.3. The summed E-state index contributed by atoms with van der Waals surface area (Å²) in [4.78, 5) is 9.43. The third-order valence-electron chi connectivity index (χ3n) is 5.10. The van der Waals surface area contributed by atoms with Gasteiger partial charge in [-0.25, -0.2) is 4.98 Å². The fourth-order valence-corrected chi connectivity index (χ4v) is 3.59. The second-order valence-electron chi connectivity index (χ2n) is 7.38. The molecule has 0 atom stereocenters. The standard InChI is InChI=1S/C25H22N6O/c1-16-14-23(31-30-16)28-24-19-10-6-7-11-21(19)27-25(29-24)26-18-12-13-22(32-2)20(15-18)17-8-4-3-5-9-17/h3-15H,1-2H3,(H3,26,27,28,29,30,31). The summed E-state index contributed by atoms with van der Waals surface area (Å²) in [5.74, 6) is 2.68. The number of aromatic amines is 1. The summed E-state index contributed by atoms with van der Waals surface area (Å²) < 4.78 is 5.57. The van der Waals surface area contributed by atoms with Gasteiger partial charge >= 0.3 is 0 Å². The van der Waals surface area contributed by atoms with Crippen molar-refractivity contribution in [3.05, 3.63) is 84.6 Å². The molecule has 2 heterocycles. The van der Waals surface area contributed by atoms with Gasteiger partial charge in [-0.05, 0) is 42.8 Å². The summed E-state index contributed by atoms with van der Waals surface area (Å²) >= 11 is 0. The largest absolute Gasteiger partial charge is 0.496 e. The number of anilines is 4. The number of hydrogen-bond acceptors (Lipinski definition) is 6. The van der Waals surface area contributed by atoms with Crippen molar-refractivity contribution in [3.8, 4) is 16.9 Å². The Morgan fingerprint density at radius 3 is 2.44 bits per heavy atom. The molecule has 0 saturated heterocycles. The van der Waals surface area contributed by atoms with Crippen molar-refractivity contribution in [2.24, 2.45) is 0 Å². The molecule has 0 aliphatic carbocycles. The molecule has 0 bridgehead atoms. The highest BCUT2D eigenvalue weighted by Gasteiger charge is 2.11. The molecule has 0 aliphatic heterocycles. The Morgan fingerprint density at radius 1 is 0.844 bits per heavy atom. The average molecular weight is 422 g/mol. The lowest BCUT2D eigenvalue weighted by molar-refractivity contribution is 0.416. The Labute approximate surface area is 185 Å². The summed E-state index contributed by atoms with van der Waals surface area (Å²) in [7, 11) is 1.68. The highest BCUT2D eigenvalue weighted by molar-refractivity contribution is 5.91. The highest BCUT2D eigenvalue weighted by atomic mass is 16.5. The number of methoxy groups -OCH3 is 1. The average Bonchev–Trinajstić information content (AvgIpc) is 3.24. The van der Waals surface area contributed by atoms with Crippen LogP contribution in [-0.4, -0.2) is 27.3 Å². The number of nitrogens with one attached hydrogen (secondary N) is 3. The predicted molar refractivity (Wildman–Crippen MR) is 128 cm³/mol. The fraction of sp³-hybridized carbons (Fsp3) is 0.0800. The zero-order valence-corrected chi connectivity index (χ0v) is 17.8. The number of aryl methyl sites for hydroxylation is 1. The van der Waals surface area contributed by atoms with Gasteiger partial charge in [0.05, 0.1) is 12.6 Å². The fourth-order valence-electron chi connectivity index (χ4n) is 3.59. The van der Waals surface area contributed by atoms with Gasteiger partial charge < -0.3 is 15.4 Å². The van der Waals surface area contributed by atoms with Crippen molar-refractivity contribution in [3.63, 3.8) is 0 Å². The molecular weight excluding hydrogens is 400 g/mol. The summed E-state index contributed by atoms with van der Waals surface area (Å²) in [5, 5.41) is 14.8. The van der Waals surface area contributed by atoms with Gasteiger partial charge in [0.1, 0.15) is 11.6 Å². The third kappa shape index (κ3) is 3.96.